The summed E-state index contributed by atoms with van der Waals surface area (Å²) in [6, 6.07) is 5.01. The van der Waals surface area contributed by atoms with Crippen LogP contribution in [0.5, 0.6) is 0 Å². The highest BCUT2D eigenvalue weighted by atomic mass is 16.6. The van der Waals surface area contributed by atoms with Gasteiger partial charge in [-0.2, -0.15) is 10.5 Å². The van der Waals surface area contributed by atoms with E-state index in [1.807, 2.05) is 6.07 Å². The maximum atomic E-state index is 11.5. The zero-order chi connectivity index (χ0) is 22.0. The van der Waals surface area contributed by atoms with Crippen molar-refractivity contribution in [1.29, 1.82) is 10.5 Å². The molecule has 1 amide bonds. The first-order valence-corrected chi connectivity index (χ1v) is 8.31. The number of nitrogen functional groups attached to an aromatic ring is 2. The van der Waals surface area contributed by atoms with E-state index in [0.29, 0.717) is 5.56 Å². The third-order valence-corrected chi connectivity index (χ3v) is 4.20. The van der Waals surface area contributed by atoms with Gasteiger partial charge in [-0.3, -0.25) is 20.2 Å². The second-order valence-corrected chi connectivity index (χ2v) is 6.12. The maximum absolute atomic E-state index is 11.5. The third kappa shape index (κ3) is 3.46. The normalized spacial score (nSPS) is 14.2. The number of nitrogens with one attached hydrogen (secondary N) is 3. The number of pyridine rings is 1. The molecule has 1 aromatic heterocycles. The Morgan fingerprint density at radius 3 is 2.70 bits per heavy atom. The van der Waals surface area contributed by atoms with Crippen molar-refractivity contribution >= 4 is 40.6 Å². The van der Waals surface area contributed by atoms with Crippen LogP contribution in [0.15, 0.2) is 23.2 Å². The Morgan fingerprint density at radius 1 is 1.37 bits per heavy atom. The van der Waals surface area contributed by atoms with Crippen LogP contribution in [0, 0.1) is 32.9 Å². The molecule has 0 fully saturated rings. The van der Waals surface area contributed by atoms with E-state index >= 15 is 0 Å². The highest BCUT2D eigenvalue weighted by Crippen LogP contribution is 2.42. The summed E-state index contributed by atoms with van der Waals surface area (Å²) in [7, 11) is 0. The average molecular weight is 406 g/mol. The molecule has 2 aromatic rings. The summed E-state index contributed by atoms with van der Waals surface area (Å²) in [6.45, 7) is 1.23. The van der Waals surface area contributed by atoms with Gasteiger partial charge in [0.1, 0.15) is 35.0 Å². The van der Waals surface area contributed by atoms with E-state index < -0.39 is 16.9 Å². The SMILES string of the molecule is CC(=O)Nc1ccc(C2N=C(NC#N)Nc3nc(N)c(C#N)c(N)c32)cc1[N+](=O)[O-]. The summed E-state index contributed by atoms with van der Waals surface area (Å²) < 4.78 is 0. The number of nitrogens with two attached hydrogens (primary N) is 2. The zero-order valence-electron chi connectivity index (χ0n) is 15.4. The number of nitro groups is 1. The predicted octanol–water partition coefficient (Wildman–Crippen LogP) is 0.926. The van der Waals surface area contributed by atoms with Crippen LogP contribution >= 0.6 is 0 Å². The number of guanidine groups is 1. The molecule has 13 nitrogen and oxygen atoms in total. The summed E-state index contributed by atoms with van der Waals surface area (Å²) in [5, 5.41) is 37.3. The Bertz CT molecular complexity index is 1190. The van der Waals surface area contributed by atoms with Crippen molar-refractivity contribution in [2.45, 2.75) is 13.0 Å². The second kappa shape index (κ2) is 7.61. The number of carbonyl (C=O) groups excluding carboxylic acids is 1. The van der Waals surface area contributed by atoms with Gasteiger partial charge in [0.15, 0.2) is 6.19 Å². The topological polar surface area (TPSA) is 221 Å². The van der Waals surface area contributed by atoms with Gasteiger partial charge < -0.3 is 22.1 Å². The molecule has 150 valence electrons. The first-order valence-electron chi connectivity index (χ1n) is 8.31. The molecular weight excluding hydrogens is 392 g/mol. The van der Waals surface area contributed by atoms with Crippen LogP contribution < -0.4 is 27.4 Å². The van der Waals surface area contributed by atoms with Gasteiger partial charge in [-0.15, -0.1) is 0 Å². The quantitative estimate of drug-likeness (QED) is 0.210. The van der Waals surface area contributed by atoms with Crippen molar-refractivity contribution in [2.75, 3.05) is 22.1 Å². The summed E-state index contributed by atoms with van der Waals surface area (Å²) in [5.74, 6) is -0.431. The fourth-order valence-corrected chi connectivity index (χ4v) is 2.99. The Hall–Kier alpha value is -4.91. The summed E-state index contributed by atoms with van der Waals surface area (Å²) in [5.41, 5.74) is 12.1. The first-order chi connectivity index (χ1) is 14.3. The molecule has 1 atom stereocenters. The molecule has 1 aliphatic rings. The predicted molar refractivity (Wildman–Crippen MR) is 107 cm³/mol. The van der Waals surface area contributed by atoms with E-state index in [-0.39, 0.29) is 45.8 Å². The van der Waals surface area contributed by atoms with E-state index in [2.05, 4.69) is 25.9 Å². The third-order valence-electron chi connectivity index (χ3n) is 4.20. The van der Waals surface area contributed by atoms with Gasteiger partial charge in [0, 0.05) is 18.6 Å². The fraction of sp³-hybridized carbons (Fsp3) is 0.118. The van der Waals surface area contributed by atoms with Crippen LogP contribution in [0.25, 0.3) is 0 Å². The van der Waals surface area contributed by atoms with Gasteiger partial charge in [0.05, 0.1) is 10.6 Å². The molecule has 0 radical (unpaired) electrons. The van der Waals surface area contributed by atoms with E-state index in [1.165, 1.54) is 25.1 Å². The molecule has 13 heteroatoms. The van der Waals surface area contributed by atoms with Gasteiger partial charge in [-0.05, 0) is 11.6 Å². The highest BCUT2D eigenvalue weighted by Gasteiger charge is 2.31. The fourth-order valence-electron chi connectivity index (χ4n) is 2.99. The monoisotopic (exact) mass is 406 g/mol. The molecule has 1 aliphatic heterocycles. The minimum absolute atomic E-state index is 0.00542. The largest absolute Gasteiger partial charge is 0.397 e. The van der Waals surface area contributed by atoms with Crippen molar-refractivity contribution in [2.24, 2.45) is 4.99 Å². The number of aromatic nitrogens is 1. The lowest BCUT2D eigenvalue weighted by Crippen LogP contribution is -2.32. The van der Waals surface area contributed by atoms with Gasteiger partial charge in [0.25, 0.3) is 5.69 Å². The number of fused-ring (bicyclic) bond motifs is 1. The van der Waals surface area contributed by atoms with E-state index in [9.17, 15) is 20.2 Å². The van der Waals surface area contributed by atoms with Crippen molar-refractivity contribution in [3.8, 4) is 12.3 Å². The number of hydrogen-bond acceptors (Lipinski definition) is 11. The molecule has 1 aromatic carbocycles. The second-order valence-electron chi connectivity index (χ2n) is 6.12. The van der Waals surface area contributed by atoms with Crippen LogP contribution in [0.4, 0.5) is 28.7 Å². The number of rotatable bonds is 3. The lowest BCUT2D eigenvalue weighted by atomic mass is 9.94. The van der Waals surface area contributed by atoms with Crippen LogP contribution in [-0.2, 0) is 4.79 Å². The first kappa shape index (κ1) is 19.8. The number of benzene rings is 1. The van der Waals surface area contributed by atoms with Crippen LogP contribution in [0.1, 0.15) is 29.7 Å². The molecule has 0 saturated carbocycles. The van der Waals surface area contributed by atoms with Crippen LogP contribution in [0.2, 0.25) is 0 Å². The standard InChI is InChI=1S/C17H14N10O3/c1-7(28)23-10-3-2-8(4-11(10)27(29)30)14-12-13(20)9(5-18)15(21)25-16(12)26-17(24-14)22-6-19/h2-4,14H,1H3,(H,23,28)(H6,20,21,22,24,25,26). The number of amides is 1. The van der Waals surface area contributed by atoms with E-state index in [4.69, 9.17) is 16.7 Å². The van der Waals surface area contributed by atoms with Crippen LogP contribution in [0.3, 0.4) is 0 Å². The Balaban J connectivity index is 2.24. The molecule has 30 heavy (non-hydrogen) atoms. The average Bonchev–Trinajstić information content (AvgIpc) is 2.67. The molecular formula is C17H14N10O3. The minimum atomic E-state index is -0.942. The smallest absolute Gasteiger partial charge is 0.293 e. The highest BCUT2D eigenvalue weighted by molar-refractivity contribution is 5.98. The number of hydrogen-bond donors (Lipinski definition) is 5. The Kier molecular flexibility index (Phi) is 5.03. The maximum Gasteiger partial charge on any atom is 0.293 e. The lowest BCUT2D eigenvalue weighted by Gasteiger charge is -2.26. The molecule has 0 spiro atoms. The summed E-state index contributed by atoms with van der Waals surface area (Å²) >= 11 is 0. The lowest BCUT2D eigenvalue weighted by molar-refractivity contribution is -0.384. The van der Waals surface area contributed by atoms with Crippen molar-refractivity contribution in [1.82, 2.24) is 10.3 Å². The van der Waals surface area contributed by atoms with Crippen molar-refractivity contribution in [3.63, 3.8) is 0 Å². The molecule has 2 heterocycles. The number of anilines is 4. The van der Waals surface area contributed by atoms with E-state index in [0.717, 1.165) is 0 Å². The van der Waals surface area contributed by atoms with Gasteiger partial charge in [-0.1, -0.05) is 6.07 Å². The van der Waals surface area contributed by atoms with Crippen molar-refractivity contribution < 1.29 is 9.72 Å². The number of nitriles is 2. The number of carbonyl (C=O) groups is 1. The summed E-state index contributed by atoms with van der Waals surface area (Å²) in [6.07, 6.45) is 1.71. The molecule has 0 saturated heterocycles. The van der Waals surface area contributed by atoms with Gasteiger partial charge >= 0.3 is 0 Å². The zero-order valence-corrected chi connectivity index (χ0v) is 15.4. The Labute approximate surface area is 169 Å². The number of nitrogens with zero attached hydrogens (tertiary/aromatic N) is 5. The molecule has 0 aliphatic carbocycles. The van der Waals surface area contributed by atoms with Crippen molar-refractivity contribution in [3.05, 3.63) is 45.0 Å². The minimum Gasteiger partial charge on any atom is -0.397 e. The molecule has 7 N–H and O–H groups in total. The molecule has 1 unspecified atom stereocenters. The number of nitro benzene ring substituents is 1. The Morgan fingerprint density at radius 2 is 2.10 bits per heavy atom. The molecule has 0 bridgehead atoms. The number of aliphatic imine (C=N–C) groups is 1. The van der Waals surface area contributed by atoms with Crippen LogP contribution in [-0.4, -0.2) is 21.8 Å². The van der Waals surface area contributed by atoms with Gasteiger partial charge in [0.2, 0.25) is 11.9 Å². The molecule has 3 rings (SSSR count). The van der Waals surface area contributed by atoms with Gasteiger partial charge in [-0.25, -0.2) is 9.98 Å². The van der Waals surface area contributed by atoms with E-state index in [1.54, 1.807) is 6.19 Å². The summed E-state index contributed by atoms with van der Waals surface area (Å²) in [4.78, 5) is 30.6.